The summed E-state index contributed by atoms with van der Waals surface area (Å²) in [4.78, 5) is 11.6. The zero-order valence-corrected chi connectivity index (χ0v) is 7.59. The average Bonchev–Trinajstić information content (AvgIpc) is 2.57. The highest BCUT2D eigenvalue weighted by Gasteiger charge is 2.15. The third kappa shape index (κ3) is 1.74. The lowest BCUT2D eigenvalue weighted by atomic mass is 10.1. The molecule has 4 heteroatoms. The largest absolute Gasteiger partial charge is 0.364 e. The molecule has 4 nitrogen and oxygen atoms in total. The Kier molecular flexibility index (Phi) is 2.18. The van der Waals surface area contributed by atoms with Gasteiger partial charge in [-0.3, -0.25) is 10.1 Å². The monoisotopic (exact) mass is 190 g/mol. The number of fused-ring (bicyclic) bond motifs is 1. The summed E-state index contributed by atoms with van der Waals surface area (Å²) >= 11 is 0. The van der Waals surface area contributed by atoms with Crippen LogP contribution >= 0.6 is 0 Å². The van der Waals surface area contributed by atoms with Gasteiger partial charge in [-0.15, -0.1) is 0 Å². The van der Waals surface area contributed by atoms with E-state index in [4.69, 9.17) is 0 Å². The Morgan fingerprint density at radius 3 is 2.36 bits per heavy atom. The fourth-order valence-electron chi connectivity index (χ4n) is 1.61. The van der Waals surface area contributed by atoms with Crippen molar-refractivity contribution < 1.29 is 4.92 Å². The third-order valence-corrected chi connectivity index (χ3v) is 2.26. The van der Waals surface area contributed by atoms with Crippen LogP contribution in [0.4, 0.5) is 0 Å². The third-order valence-electron chi connectivity index (χ3n) is 2.26. The molecular formula is C10H10N2O2. The van der Waals surface area contributed by atoms with E-state index in [1.165, 1.54) is 17.3 Å². The molecule has 0 radical (unpaired) electrons. The van der Waals surface area contributed by atoms with Gasteiger partial charge in [0.1, 0.15) is 0 Å². The molecule has 0 atom stereocenters. The van der Waals surface area contributed by atoms with E-state index in [9.17, 15) is 10.1 Å². The molecule has 14 heavy (non-hydrogen) atoms. The van der Waals surface area contributed by atoms with Crippen LogP contribution in [0.3, 0.4) is 0 Å². The molecule has 0 amide bonds. The number of nitro groups is 1. The fourth-order valence-corrected chi connectivity index (χ4v) is 1.61. The molecule has 0 aromatic heterocycles. The van der Waals surface area contributed by atoms with E-state index in [0.717, 1.165) is 19.3 Å². The van der Waals surface area contributed by atoms with Crippen molar-refractivity contribution in [3.8, 4) is 0 Å². The van der Waals surface area contributed by atoms with Gasteiger partial charge in [-0.05, 0) is 11.1 Å². The number of hydrogen-bond donors (Lipinski definition) is 0. The molecule has 0 fully saturated rings. The van der Waals surface area contributed by atoms with Crippen molar-refractivity contribution in [3.63, 3.8) is 0 Å². The maximum atomic E-state index is 10.1. The molecule has 1 aromatic rings. The Hall–Kier alpha value is -1.84. The number of benzene rings is 1. The molecule has 0 spiro atoms. The van der Waals surface area contributed by atoms with Crippen molar-refractivity contribution in [2.45, 2.75) is 13.1 Å². The van der Waals surface area contributed by atoms with E-state index < -0.39 is 4.92 Å². The van der Waals surface area contributed by atoms with Crippen molar-refractivity contribution in [2.75, 3.05) is 0 Å². The Balaban J connectivity index is 2.08. The molecule has 0 bridgehead atoms. The lowest BCUT2D eigenvalue weighted by Crippen LogP contribution is -2.07. The van der Waals surface area contributed by atoms with Crippen LogP contribution in [0.25, 0.3) is 0 Å². The first-order chi connectivity index (χ1) is 6.75. The van der Waals surface area contributed by atoms with Crippen LogP contribution in [-0.2, 0) is 13.1 Å². The quantitative estimate of drug-likeness (QED) is 0.527. The molecule has 1 aromatic carbocycles. The van der Waals surface area contributed by atoms with Crippen molar-refractivity contribution in [1.82, 2.24) is 4.90 Å². The van der Waals surface area contributed by atoms with Crippen molar-refractivity contribution in [2.24, 2.45) is 0 Å². The smallest absolute Gasteiger partial charge is 0.250 e. The summed E-state index contributed by atoms with van der Waals surface area (Å²) in [6, 6.07) is 8.07. The average molecular weight is 190 g/mol. The fraction of sp³-hybridized carbons (Fsp3) is 0.200. The van der Waals surface area contributed by atoms with Crippen molar-refractivity contribution in [3.05, 3.63) is 57.9 Å². The van der Waals surface area contributed by atoms with Crippen LogP contribution in [0.2, 0.25) is 0 Å². The normalized spacial score (nSPS) is 14.7. The topological polar surface area (TPSA) is 46.4 Å². The molecule has 2 rings (SSSR count). The molecular weight excluding hydrogens is 180 g/mol. The molecule has 0 aliphatic carbocycles. The molecule has 1 aliphatic heterocycles. The Bertz CT molecular complexity index is 362. The van der Waals surface area contributed by atoms with E-state index >= 15 is 0 Å². The molecule has 1 heterocycles. The highest BCUT2D eigenvalue weighted by Crippen LogP contribution is 2.21. The highest BCUT2D eigenvalue weighted by molar-refractivity contribution is 5.30. The Labute approximate surface area is 81.6 Å². The van der Waals surface area contributed by atoms with E-state index in [0.29, 0.717) is 0 Å². The summed E-state index contributed by atoms with van der Waals surface area (Å²) in [6.45, 7) is 1.53. The van der Waals surface area contributed by atoms with Gasteiger partial charge in [0.2, 0.25) is 6.20 Å². The van der Waals surface area contributed by atoms with Crippen LogP contribution < -0.4 is 0 Å². The van der Waals surface area contributed by atoms with E-state index in [1.807, 2.05) is 17.0 Å². The maximum absolute atomic E-state index is 10.1. The lowest BCUT2D eigenvalue weighted by molar-refractivity contribution is -0.403. The summed E-state index contributed by atoms with van der Waals surface area (Å²) in [5.41, 5.74) is 2.50. The van der Waals surface area contributed by atoms with E-state index in [1.54, 1.807) is 0 Å². The minimum Gasteiger partial charge on any atom is -0.364 e. The first-order valence-electron chi connectivity index (χ1n) is 4.38. The van der Waals surface area contributed by atoms with Gasteiger partial charge in [0.25, 0.3) is 0 Å². The van der Waals surface area contributed by atoms with Gasteiger partial charge < -0.3 is 4.90 Å². The Morgan fingerprint density at radius 1 is 1.29 bits per heavy atom. The predicted molar refractivity (Wildman–Crippen MR) is 51.8 cm³/mol. The van der Waals surface area contributed by atoms with Crippen LogP contribution in [0.15, 0.2) is 36.7 Å². The van der Waals surface area contributed by atoms with Crippen LogP contribution in [0.5, 0.6) is 0 Å². The molecule has 0 saturated heterocycles. The van der Waals surface area contributed by atoms with Gasteiger partial charge >= 0.3 is 0 Å². The van der Waals surface area contributed by atoms with Gasteiger partial charge in [0.05, 0.1) is 11.1 Å². The SMILES string of the molecule is O=[N+]([O-])C=CN1Cc2ccccc2C1. The summed E-state index contributed by atoms with van der Waals surface area (Å²) in [7, 11) is 0. The van der Waals surface area contributed by atoms with Crippen molar-refractivity contribution >= 4 is 0 Å². The lowest BCUT2D eigenvalue weighted by Gasteiger charge is -2.07. The van der Waals surface area contributed by atoms with Crippen LogP contribution in [-0.4, -0.2) is 9.82 Å². The molecule has 72 valence electrons. The minimum atomic E-state index is -0.441. The second kappa shape index (κ2) is 3.49. The van der Waals surface area contributed by atoms with E-state index in [2.05, 4.69) is 12.1 Å². The summed E-state index contributed by atoms with van der Waals surface area (Å²) in [5, 5.41) is 10.1. The number of hydrogen-bond acceptors (Lipinski definition) is 3. The summed E-state index contributed by atoms with van der Waals surface area (Å²) < 4.78 is 0. The van der Waals surface area contributed by atoms with Gasteiger partial charge in [-0.1, -0.05) is 24.3 Å². The van der Waals surface area contributed by atoms with Gasteiger partial charge in [0.15, 0.2) is 0 Å². The minimum absolute atomic E-state index is 0.441. The number of rotatable bonds is 2. The second-order valence-corrected chi connectivity index (χ2v) is 3.26. The first kappa shape index (κ1) is 8.74. The molecule has 0 N–H and O–H groups in total. The van der Waals surface area contributed by atoms with Gasteiger partial charge in [-0.2, -0.15) is 0 Å². The summed E-state index contributed by atoms with van der Waals surface area (Å²) in [6.07, 6.45) is 2.51. The van der Waals surface area contributed by atoms with E-state index in [-0.39, 0.29) is 0 Å². The molecule has 0 saturated carbocycles. The first-order valence-corrected chi connectivity index (χ1v) is 4.38. The number of nitrogens with zero attached hydrogens (tertiary/aromatic N) is 2. The Morgan fingerprint density at radius 2 is 1.86 bits per heavy atom. The highest BCUT2D eigenvalue weighted by atomic mass is 16.6. The molecule has 1 aliphatic rings. The molecule has 0 unspecified atom stereocenters. The summed E-state index contributed by atoms with van der Waals surface area (Å²) in [5.74, 6) is 0. The second-order valence-electron chi connectivity index (χ2n) is 3.26. The van der Waals surface area contributed by atoms with Gasteiger partial charge in [-0.25, -0.2) is 0 Å². The van der Waals surface area contributed by atoms with Crippen LogP contribution in [0.1, 0.15) is 11.1 Å². The predicted octanol–water partition coefficient (Wildman–Crippen LogP) is 1.75. The zero-order valence-electron chi connectivity index (χ0n) is 7.59. The zero-order chi connectivity index (χ0) is 9.97. The van der Waals surface area contributed by atoms with Crippen molar-refractivity contribution in [1.29, 1.82) is 0 Å². The maximum Gasteiger partial charge on any atom is 0.250 e. The van der Waals surface area contributed by atoms with Gasteiger partial charge in [0, 0.05) is 13.1 Å². The standard InChI is InChI=1S/C10H10N2O2/c13-12(14)6-5-11-7-9-3-1-2-4-10(9)8-11/h1-6H,7-8H2. The van der Waals surface area contributed by atoms with Crippen LogP contribution in [0, 0.1) is 10.1 Å².